The molecule has 0 spiro atoms. The molecule has 1 fully saturated rings. The quantitative estimate of drug-likeness (QED) is 0.676. The normalized spacial score (nSPS) is 19.0. The summed E-state index contributed by atoms with van der Waals surface area (Å²) >= 11 is 0. The highest BCUT2D eigenvalue weighted by Gasteiger charge is 2.19. The molecule has 4 heteroatoms. The standard InChI is InChI=1S/C10H19NO3/c1-2-9(8-12)14-7-6-11-5-3-4-10(11)13/h9,12H,2-8H2,1H3. The second-order valence-corrected chi connectivity index (χ2v) is 3.57. The van der Waals surface area contributed by atoms with Gasteiger partial charge in [0.1, 0.15) is 0 Å². The molecule has 14 heavy (non-hydrogen) atoms. The van der Waals surface area contributed by atoms with Crippen molar-refractivity contribution in [3.8, 4) is 0 Å². The lowest BCUT2D eigenvalue weighted by Crippen LogP contribution is -2.30. The Hall–Kier alpha value is -0.610. The van der Waals surface area contributed by atoms with Gasteiger partial charge in [0.15, 0.2) is 0 Å². The van der Waals surface area contributed by atoms with Gasteiger partial charge in [-0.3, -0.25) is 4.79 Å². The van der Waals surface area contributed by atoms with E-state index in [-0.39, 0.29) is 18.6 Å². The first-order valence-corrected chi connectivity index (χ1v) is 5.28. The first-order chi connectivity index (χ1) is 6.77. The van der Waals surface area contributed by atoms with Crippen molar-refractivity contribution in [1.82, 2.24) is 4.90 Å². The van der Waals surface area contributed by atoms with Crippen LogP contribution in [0.1, 0.15) is 26.2 Å². The lowest BCUT2D eigenvalue weighted by Gasteiger charge is -2.18. The molecule has 1 amide bonds. The SMILES string of the molecule is CCC(CO)OCCN1CCCC1=O. The summed E-state index contributed by atoms with van der Waals surface area (Å²) < 4.78 is 5.41. The lowest BCUT2D eigenvalue weighted by atomic mass is 10.3. The van der Waals surface area contributed by atoms with Crippen LogP contribution in [0.2, 0.25) is 0 Å². The van der Waals surface area contributed by atoms with Gasteiger partial charge in [0.05, 0.1) is 19.3 Å². The average molecular weight is 201 g/mol. The van der Waals surface area contributed by atoms with Crippen molar-refractivity contribution in [2.24, 2.45) is 0 Å². The van der Waals surface area contributed by atoms with Gasteiger partial charge in [-0.05, 0) is 12.8 Å². The van der Waals surface area contributed by atoms with E-state index in [1.807, 2.05) is 11.8 Å². The summed E-state index contributed by atoms with van der Waals surface area (Å²) in [6.07, 6.45) is 2.38. The second-order valence-electron chi connectivity index (χ2n) is 3.57. The molecule has 1 heterocycles. The molecule has 0 aromatic carbocycles. The highest BCUT2D eigenvalue weighted by atomic mass is 16.5. The maximum atomic E-state index is 11.2. The van der Waals surface area contributed by atoms with E-state index >= 15 is 0 Å². The summed E-state index contributed by atoms with van der Waals surface area (Å²) in [6.45, 7) is 4.09. The van der Waals surface area contributed by atoms with Crippen molar-refractivity contribution < 1.29 is 14.6 Å². The zero-order valence-electron chi connectivity index (χ0n) is 8.74. The topological polar surface area (TPSA) is 49.8 Å². The van der Waals surface area contributed by atoms with Gasteiger partial charge in [-0.15, -0.1) is 0 Å². The molecule has 0 aliphatic carbocycles. The fourth-order valence-electron chi connectivity index (χ4n) is 1.57. The molecule has 0 bridgehead atoms. The molecular formula is C10H19NO3. The van der Waals surface area contributed by atoms with Crippen LogP contribution in [0.15, 0.2) is 0 Å². The molecule has 0 saturated carbocycles. The van der Waals surface area contributed by atoms with Crippen LogP contribution >= 0.6 is 0 Å². The smallest absolute Gasteiger partial charge is 0.222 e. The Bertz CT molecular complexity index is 180. The zero-order valence-corrected chi connectivity index (χ0v) is 8.74. The minimum atomic E-state index is -0.0762. The lowest BCUT2D eigenvalue weighted by molar-refractivity contribution is -0.128. The van der Waals surface area contributed by atoms with Gasteiger partial charge in [-0.25, -0.2) is 0 Å². The van der Waals surface area contributed by atoms with Crippen LogP contribution in [0.4, 0.5) is 0 Å². The number of likely N-dealkylation sites (tertiary alicyclic amines) is 1. The van der Waals surface area contributed by atoms with Crippen molar-refractivity contribution >= 4 is 5.91 Å². The number of rotatable bonds is 6. The molecule has 0 radical (unpaired) electrons. The second kappa shape index (κ2) is 5.98. The van der Waals surface area contributed by atoms with E-state index in [9.17, 15) is 4.79 Å². The van der Waals surface area contributed by atoms with Crippen molar-refractivity contribution in [2.75, 3.05) is 26.3 Å². The molecule has 1 rings (SSSR count). The molecule has 1 saturated heterocycles. The van der Waals surface area contributed by atoms with Gasteiger partial charge in [0.2, 0.25) is 5.91 Å². The van der Waals surface area contributed by atoms with Crippen LogP contribution in [0.5, 0.6) is 0 Å². The van der Waals surface area contributed by atoms with E-state index in [2.05, 4.69) is 0 Å². The number of amides is 1. The van der Waals surface area contributed by atoms with E-state index in [0.29, 0.717) is 19.6 Å². The Morgan fingerprint density at radius 1 is 1.64 bits per heavy atom. The summed E-state index contributed by atoms with van der Waals surface area (Å²) in [4.78, 5) is 13.0. The fraction of sp³-hybridized carbons (Fsp3) is 0.900. The third kappa shape index (κ3) is 3.27. The number of carbonyl (C=O) groups is 1. The fourth-order valence-corrected chi connectivity index (χ4v) is 1.57. The minimum Gasteiger partial charge on any atom is -0.394 e. The summed E-state index contributed by atoms with van der Waals surface area (Å²) in [5, 5.41) is 8.86. The van der Waals surface area contributed by atoms with E-state index in [0.717, 1.165) is 19.4 Å². The number of carbonyl (C=O) groups excluding carboxylic acids is 1. The molecule has 1 N–H and O–H groups in total. The number of nitrogens with zero attached hydrogens (tertiary/aromatic N) is 1. The van der Waals surface area contributed by atoms with Crippen LogP contribution in [-0.2, 0) is 9.53 Å². The summed E-state index contributed by atoms with van der Waals surface area (Å²) in [7, 11) is 0. The molecule has 1 aliphatic heterocycles. The third-order valence-corrected chi connectivity index (χ3v) is 2.55. The maximum Gasteiger partial charge on any atom is 0.222 e. The molecule has 1 unspecified atom stereocenters. The highest BCUT2D eigenvalue weighted by molar-refractivity contribution is 5.77. The first-order valence-electron chi connectivity index (χ1n) is 5.28. The Balaban J connectivity index is 2.11. The van der Waals surface area contributed by atoms with E-state index in [1.54, 1.807) is 0 Å². The van der Waals surface area contributed by atoms with Gasteiger partial charge in [0, 0.05) is 19.5 Å². The number of aliphatic hydroxyl groups is 1. The van der Waals surface area contributed by atoms with E-state index < -0.39 is 0 Å². The van der Waals surface area contributed by atoms with Crippen LogP contribution < -0.4 is 0 Å². The number of ether oxygens (including phenoxy) is 1. The van der Waals surface area contributed by atoms with Crippen LogP contribution in [0, 0.1) is 0 Å². The van der Waals surface area contributed by atoms with Crippen molar-refractivity contribution in [3.05, 3.63) is 0 Å². The molecular weight excluding hydrogens is 182 g/mol. The van der Waals surface area contributed by atoms with Crippen molar-refractivity contribution in [2.45, 2.75) is 32.3 Å². The summed E-state index contributed by atoms with van der Waals surface area (Å²) in [5.74, 6) is 0.227. The molecule has 0 aromatic rings. The molecule has 4 nitrogen and oxygen atoms in total. The Labute approximate surface area is 84.8 Å². The molecule has 0 aromatic heterocycles. The predicted molar refractivity (Wildman–Crippen MR) is 52.9 cm³/mol. The van der Waals surface area contributed by atoms with Crippen molar-refractivity contribution in [1.29, 1.82) is 0 Å². The Morgan fingerprint density at radius 2 is 2.43 bits per heavy atom. The Kier molecular flexibility index (Phi) is 4.90. The summed E-state index contributed by atoms with van der Waals surface area (Å²) in [5.41, 5.74) is 0. The molecule has 1 aliphatic rings. The van der Waals surface area contributed by atoms with Gasteiger partial charge in [-0.1, -0.05) is 6.92 Å². The summed E-state index contributed by atoms with van der Waals surface area (Å²) in [6, 6.07) is 0. The van der Waals surface area contributed by atoms with Gasteiger partial charge in [0.25, 0.3) is 0 Å². The van der Waals surface area contributed by atoms with E-state index in [1.165, 1.54) is 0 Å². The average Bonchev–Trinajstić information content (AvgIpc) is 2.59. The molecule has 1 atom stereocenters. The van der Waals surface area contributed by atoms with Gasteiger partial charge in [-0.2, -0.15) is 0 Å². The number of aliphatic hydroxyl groups excluding tert-OH is 1. The van der Waals surface area contributed by atoms with Gasteiger partial charge >= 0.3 is 0 Å². The van der Waals surface area contributed by atoms with Crippen LogP contribution in [0.3, 0.4) is 0 Å². The predicted octanol–water partition coefficient (Wildman–Crippen LogP) is 0.396. The number of hydrogen-bond acceptors (Lipinski definition) is 3. The maximum absolute atomic E-state index is 11.2. The van der Waals surface area contributed by atoms with Gasteiger partial charge < -0.3 is 14.7 Å². The van der Waals surface area contributed by atoms with Crippen LogP contribution in [0.25, 0.3) is 0 Å². The minimum absolute atomic E-state index is 0.0600. The van der Waals surface area contributed by atoms with E-state index in [4.69, 9.17) is 9.84 Å². The largest absolute Gasteiger partial charge is 0.394 e. The zero-order chi connectivity index (χ0) is 10.4. The van der Waals surface area contributed by atoms with Crippen LogP contribution in [-0.4, -0.2) is 48.3 Å². The Morgan fingerprint density at radius 3 is 2.93 bits per heavy atom. The number of hydrogen-bond donors (Lipinski definition) is 1. The highest BCUT2D eigenvalue weighted by Crippen LogP contribution is 2.08. The third-order valence-electron chi connectivity index (χ3n) is 2.55. The monoisotopic (exact) mass is 201 g/mol. The first kappa shape index (κ1) is 11.5. The molecule has 82 valence electrons. The van der Waals surface area contributed by atoms with Crippen molar-refractivity contribution in [3.63, 3.8) is 0 Å².